The van der Waals surface area contributed by atoms with E-state index in [1.54, 1.807) is 0 Å². The Balaban J connectivity index is 2.23. The zero-order chi connectivity index (χ0) is 14.8. The Morgan fingerprint density at radius 2 is 1.80 bits per heavy atom. The molecule has 0 unspecified atom stereocenters. The average molecular weight is 332 g/mol. The molecular formula is C12H7Cl2NO4S. The minimum Gasteiger partial charge on any atom is -0.444 e. The molecule has 0 aliphatic carbocycles. The van der Waals surface area contributed by atoms with Gasteiger partial charge in [-0.1, -0.05) is 23.2 Å². The van der Waals surface area contributed by atoms with Gasteiger partial charge >= 0.3 is 10.1 Å². The fourth-order valence-corrected chi connectivity index (χ4v) is 2.45. The summed E-state index contributed by atoms with van der Waals surface area (Å²) in [4.78, 5) is -0.964. The van der Waals surface area contributed by atoms with E-state index in [0.717, 1.165) is 0 Å². The maximum Gasteiger partial charge on any atom is 0.373 e. The van der Waals surface area contributed by atoms with E-state index < -0.39 is 20.0 Å². The minimum absolute atomic E-state index is 0.0650. The van der Waals surface area contributed by atoms with Crippen molar-refractivity contribution in [2.24, 2.45) is 0 Å². The lowest BCUT2D eigenvalue weighted by Crippen LogP contribution is -2.08. The van der Waals surface area contributed by atoms with Crippen molar-refractivity contribution in [2.45, 2.75) is 9.93 Å². The van der Waals surface area contributed by atoms with Crippen molar-refractivity contribution in [1.29, 1.82) is 5.26 Å². The number of benzene rings is 1. The fourth-order valence-electron chi connectivity index (χ4n) is 1.34. The lowest BCUT2D eigenvalue weighted by Gasteiger charge is -2.04. The van der Waals surface area contributed by atoms with Crippen molar-refractivity contribution in [1.82, 2.24) is 0 Å². The highest BCUT2D eigenvalue weighted by molar-refractivity contribution is 7.87. The normalized spacial score (nSPS) is 11.3. The van der Waals surface area contributed by atoms with Gasteiger partial charge in [-0.15, -0.1) is 0 Å². The number of nitrogens with zero attached hydrogens (tertiary/aromatic N) is 1. The van der Waals surface area contributed by atoms with Crippen LogP contribution in [0.25, 0.3) is 0 Å². The first-order valence-corrected chi connectivity index (χ1v) is 7.53. The van der Waals surface area contributed by atoms with Crippen molar-refractivity contribution >= 4 is 33.3 Å². The van der Waals surface area contributed by atoms with Crippen LogP contribution in [-0.2, 0) is 10.1 Å². The molecule has 0 amide bonds. The van der Waals surface area contributed by atoms with Crippen LogP contribution in [0.2, 0.25) is 0 Å². The summed E-state index contributed by atoms with van der Waals surface area (Å²) in [7, 11) is -4.11. The molecule has 0 aliphatic rings. The maximum absolute atomic E-state index is 11.9. The van der Waals surface area contributed by atoms with E-state index >= 15 is 0 Å². The molecule has 0 bridgehead atoms. The van der Waals surface area contributed by atoms with Gasteiger partial charge in [0.25, 0.3) is 5.09 Å². The Morgan fingerprint density at radius 1 is 1.15 bits per heavy atom. The number of alkyl halides is 2. The van der Waals surface area contributed by atoms with E-state index in [4.69, 9.17) is 37.1 Å². The molecule has 0 saturated carbocycles. The van der Waals surface area contributed by atoms with E-state index in [1.165, 1.54) is 36.4 Å². The maximum atomic E-state index is 11.9. The first-order valence-electron chi connectivity index (χ1n) is 5.25. The quantitative estimate of drug-likeness (QED) is 0.633. The van der Waals surface area contributed by atoms with Crippen molar-refractivity contribution in [3.63, 3.8) is 0 Å². The third kappa shape index (κ3) is 3.25. The molecule has 8 heteroatoms. The van der Waals surface area contributed by atoms with Gasteiger partial charge in [-0.05, 0) is 36.4 Å². The summed E-state index contributed by atoms with van der Waals surface area (Å²) >= 11 is 11.1. The summed E-state index contributed by atoms with van der Waals surface area (Å²) in [6, 6.07) is 10.1. The molecule has 0 N–H and O–H groups in total. The van der Waals surface area contributed by atoms with Crippen molar-refractivity contribution in [2.75, 3.05) is 0 Å². The van der Waals surface area contributed by atoms with Crippen LogP contribution in [0.1, 0.15) is 16.2 Å². The summed E-state index contributed by atoms with van der Waals surface area (Å²) in [6.07, 6.45) is 0. The SMILES string of the molecule is N#Cc1ccc(OS(=O)(=O)c2ccc(C(Cl)Cl)o2)cc1. The fraction of sp³-hybridized carbons (Fsp3) is 0.0833. The number of furan rings is 1. The van der Waals surface area contributed by atoms with Crippen LogP contribution in [0, 0.1) is 11.3 Å². The van der Waals surface area contributed by atoms with E-state index in [2.05, 4.69) is 0 Å². The standard InChI is InChI=1S/C12H7Cl2NO4S/c13-12(14)10-5-6-11(18-10)20(16,17)19-9-3-1-8(7-15)2-4-9/h1-6,12H. The topological polar surface area (TPSA) is 80.3 Å². The highest BCUT2D eigenvalue weighted by atomic mass is 35.5. The summed E-state index contributed by atoms with van der Waals surface area (Å²) in [5.74, 6) is 0.172. The van der Waals surface area contributed by atoms with Gasteiger partial charge in [0.15, 0.2) is 4.84 Å². The number of hydrogen-bond donors (Lipinski definition) is 0. The third-order valence-electron chi connectivity index (χ3n) is 2.25. The molecule has 0 fully saturated rings. The van der Waals surface area contributed by atoms with Crippen LogP contribution in [0.5, 0.6) is 5.75 Å². The van der Waals surface area contributed by atoms with E-state index in [-0.39, 0.29) is 11.5 Å². The molecule has 0 radical (unpaired) electrons. The molecule has 0 spiro atoms. The van der Waals surface area contributed by atoms with Gasteiger partial charge < -0.3 is 8.60 Å². The molecule has 104 valence electrons. The molecular weight excluding hydrogens is 325 g/mol. The van der Waals surface area contributed by atoms with Gasteiger partial charge in [0, 0.05) is 0 Å². The first kappa shape index (κ1) is 14.7. The zero-order valence-electron chi connectivity index (χ0n) is 9.79. The van der Waals surface area contributed by atoms with Crippen LogP contribution in [0.4, 0.5) is 0 Å². The Morgan fingerprint density at radius 3 is 2.30 bits per heavy atom. The molecule has 2 rings (SSSR count). The second-order valence-electron chi connectivity index (χ2n) is 3.63. The molecule has 1 heterocycles. The van der Waals surface area contributed by atoms with E-state index in [9.17, 15) is 8.42 Å². The van der Waals surface area contributed by atoms with E-state index in [1.807, 2.05) is 6.07 Å². The van der Waals surface area contributed by atoms with Gasteiger partial charge in [0.1, 0.15) is 11.5 Å². The van der Waals surface area contributed by atoms with Crippen molar-refractivity contribution in [3.8, 4) is 11.8 Å². The molecule has 0 aliphatic heterocycles. The first-order chi connectivity index (χ1) is 9.42. The Bertz CT molecular complexity index is 745. The highest BCUT2D eigenvalue weighted by Gasteiger charge is 2.23. The average Bonchev–Trinajstić information content (AvgIpc) is 2.90. The molecule has 1 aromatic heterocycles. The Hall–Kier alpha value is -1.68. The molecule has 0 atom stereocenters. The van der Waals surface area contributed by atoms with Crippen LogP contribution < -0.4 is 4.18 Å². The van der Waals surface area contributed by atoms with Crippen LogP contribution in [-0.4, -0.2) is 8.42 Å². The predicted octanol–water partition coefficient (Wildman–Crippen LogP) is 3.40. The number of rotatable bonds is 4. The van der Waals surface area contributed by atoms with Crippen LogP contribution in [0.3, 0.4) is 0 Å². The Kier molecular flexibility index (Phi) is 4.23. The summed E-state index contributed by atoms with van der Waals surface area (Å²) in [5.41, 5.74) is 0.391. The monoisotopic (exact) mass is 331 g/mol. The number of nitriles is 1. The number of halogens is 2. The lowest BCUT2D eigenvalue weighted by atomic mass is 10.2. The molecule has 0 saturated heterocycles. The van der Waals surface area contributed by atoms with Gasteiger partial charge in [0.2, 0.25) is 0 Å². The van der Waals surface area contributed by atoms with Crippen molar-refractivity contribution in [3.05, 3.63) is 47.7 Å². The zero-order valence-corrected chi connectivity index (χ0v) is 12.1. The minimum atomic E-state index is -4.11. The van der Waals surface area contributed by atoms with Crippen LogP contribution >= 0.6 is 23.2 Å². The molecule has 2 aromatic rings. The predicted molar refractivity (Wildman–Crippen MR) is 72.1 cm³/mol. The van der Waals surface area contributed by atoms with Crippen LogP contribution in [0.15, 0.2) is 45.9 Å². The van der Waals surface area contributed by atoms with Gasteiger partial charge in [-0.2, -0.15) is 13.7 Å². The molecule has 5 nitrogen and oxygen atoms in total. The highest BCUT2D eigenvalue weighted by Crippen LogP contribution is 2.29. The largest absolute Gasteiger partial charge is 0.444 e. The summed E-state index contributed by atoms with van der Waals surface area (Å²) in [5, 5.41) is 8.24. The molecule has 20 heavy (non-hydrogen) atoms. The van der Waals surface area contributed by atoms with Crippen molar-refractivity contribution < 1.29 is 17.0 Å². The van der Waals surface area contributed by atoms with E-state index in [0.29, 0.717) is 5.56 Å². The number of hydrogen-bond acceptors (Lipinski definition) is 5. The Labute approximate surface area is 125 Å². The second-order valence-corrected chi connectivity index (χ2v) is 6.20. The lowest BCUT2D eigenvalue weighted by molar-refractivity contribution is 0.393. The summed E-state index contributed by atoms with van der Waals surface area (Å²) in [6.45, 7) is 0. The van der Waals surface area contributed by atoms with Gasteiger partial charge in [-0.3, -0.25) is 0 Å². The smallest absolute Gasteiger partial charge is 0.373 e. The molecule has 1 aromatic carbocycles. The van der Waals surface area contributed by atoms with Gasteiger partial charge in [-0.25, -0.2) is 0 Å². The second kappa shape index (κ2) is 5.75. The summed E-state index contributed by atoms with van der Waals surface area (Å²) < 4.78 is 33.7. The third-order valence-corrected chi connectivity index (χ3v) is 3.81. The van der Waals surface area contributed by atoms with Gasteiger partial charge in [0.05, 0.1) is 11.6 Å².